The summed E-state index contributed by atoms with van der Waals surface area (Å²) in [6, 6.07) is 6.82. The molecule has 98 valence electrons. The second-order valence-corrected chi connectivity index (χ2v) is 3.71. The van der Waals surface area contributed by atoms with Crippen LogP contribution in [0.25, 0.3) is 0 Å². The van der Waals surface area contributed by atoms with Gasteiger partial charge in [0.15, 0.2) is 0 Å². The van der Waals surface area contributed by atoms with Crippen LogP contribution in [0.4, 0.5) is 0 Å². The molecule has 0 unspecified atom stereocenters. The number of ether oxygens (including phenoxy) is 1. The normalized spacial score (nSPS) is 9.83. The Labute approximate surface area is 106 Å². The molecule has 0 aliphatic carbocycles. The third kappa shape index (κ3) is 4.86. The van der Waals surface area contributed by atoms with E-state index < -0.39 is 5.97 Å². The van der Waals surface area contributed by atoms with Gasteiger partial charge in [-0.15, -0.1) is 0 Å². The molecule has 0 fully saturated rings. The predicted molar refractivity (Wildman–Crippen MR) is 66.8 cm³/mol. The van der Waals surface area contributed by atoms with Crippen LogP contribution in [0.5, 0.6) is 5.75 Å². The quantitative estimate of drug-likeness (QED) is 0.723. The van der Waals surface area contributed by atoms with Crippen molar-refractivity contribution in [1.82, 2.24) is 5.32 Å². The van der Waals surface area contributed by atoms with Gasteiger partial charge in [-0.25, -0.2) is 0 Å². The largest absolute Gasteiger partial charge is 0.494 e. The number of carbonyl (C=O) groups is 2. The number of nitrogens with one attached hydrogen (secondary N) is 1. The molecule has 5 nitrogen and oxygen atoms in total. The number of hydrogen-bond donors (Lipinski definition) is 2. The van der Waals surface area contributed by atoms with Crippen molar-refractivity contribution in [1.29, 1.82) is 0 Å². The standard InChI is InChI=1S/C13H17NO4/c1-2-18-11-7-5-10(6-8-11)13(17)14-9-3-4-12(15)16/h5-8H,2-4,9H2,1H3,(H,14,17)(H,15,16). The average Bonchev–Trinajstić information content (AvgIpc) is 2.35. The Kier molecular flexibility index (Phi) is 5.70. The summed E-state index contributed by atoms with van der Waals surface area (Å²) in [4.78, 5) is 21.9. The Balaban J connectivity index is 2.39. The van der Waals surface area contributed by atoms with E-state index in [2.05, 4.69) is 5.32 Å². The molecule has 0 atom stereocenters. The Morgan fingerprint density at radius 2 is 1.94 bits per heavy atom. The molecule has 0 aromatic heterocycles. The maximum Gasteiger partial charge on any atom is 0.303 e. The summed E-state index contributed by atoms with van der Waals surface area (Å²) in [5.41, 5.74) is 0.536. The minimum Gasteiger partial charge on any atom is -0.494 e. The highest BCUT2D eigenvalue weighted by Gasteiger charge is 2.05. The summed E-state index contributed by atoms with van der Waals surface area (Å²) >= 11 is 0. The van der Waals surface area contributed by atoms with Crippen molar-refractivity contribution in [2.24, 2.45) is 0 Å². The Hall–Kier alpha value is -2.04. The summed E-state index contributed by atoms with van der Waals surface area (Å²) < 4.78 is 5.27. The van der Waals surface area contributed by atoms with Crippen LogP contribution in [0.2, 0.25) is 0 Å². The van der Waals surface area contributed by atoms with Gasteiger partial charge in [0.2, 0.25) is 0 Å². The molecule has 1 rings (SSSR count). The van der Waals surface area contributed by atoms with Gasteiger partial charge < -0.3 is 15.2 Å². The second kappa shape index (κ2) is 7.32. The lowest BCUT2D eigenvalue weighted by Crippen LogP contribution is -2.24. The number of rotatable bonds is 7. The molecule has 0 spiro atoms. The number of amides is 1. The van der Waals surface area contributed by atoms with Crippen molar-refractivity contribution in [3.05, 3.63) is 29.8 Å². The van der Waals surface area contributed by atoms with Gasteiger partial charge in [-0.2, -0.15) is 0 Å². The summed E-state index contributed by atoms with van der Waals surface area (Å²) in [6.45, 7) is 2.84. The number of carboxylic acids is 1. The average molecular weight is 251 g/mol. The maximum absolute atomic E-state index is 11.7. The van der Waals surface area contributed by atoms with Crippen molar-refractivity contribution in [2.45, 2.75) is 19.8 Å². The Morgan fingerprint density at radius 1 is 1.28 bits per heavy atom. The van der Waals surface area contributed by atoms with Crippen LogP contribution in [0.15, 0.2) is 24.3 Å². The van der Waals surface area contributed by atoms with E-state index >= 15 is 0 Å². The van der Waals surface area contributed by atoms with Crippen LogP contribution in [0.1, 0.15) is 30.1 Å². The fourth-order valence-corrected chi connectivity index (χ4v) is 1.41. The van der Waals surface area contributed by atoms with E-state index in [1.54, 1.807) is 24.3 Å². The van der Waals surface area contributed by atoms with Crippen molar-refractivity contribution in [2.75, 3.05) is 13.2 Å². The molecule has 0 bridgehead atoms. The third-order valence-corrected chi connectivity index (χ3v) is 2.28. The van der Waals surface area contributed by atoms with Crippen molar-refractivity contribution < 1.29 is 19.4 Å². The molecule has 5 heteroatoms. The topological polar surface area (TPSA) is 75.6 Å². The van der Waals surface area contributed by atoms with Crippen LogP contribution >= 0.6 is 0 Å². The van der Waals surface area contributed by atoms with Gasteiger partial charge in [-0.1, -0.05) is 0 Å². The zero-order chi connectivity index (χ0) is 13.4. The molecule has 1 aromatic carbocycles. The van der Waals surface area contributed by atoms with Crippen LogP contribution in [0.3, 0.4) is 0 Å². The summed E-state index contributed by atoms with van der Waals surface area (Å²) in [5, 5.41) is 11.1. The van der Waals surface area contributed by atoms with Gasteiger partial charge >= 0.3 is 5.97 Å². The van der Waals surface area contributed by atoms with Gasteiger partial charge in [0.05, 0.1) is 6.61 Å². The molecule has 1 aromatic rings. The maximum atomic E-state index is 11.7. The smallest absolute Gasteiger partial charge is 0.303 e. The molecular formula is C13H17NO4. The molecule has 0 aliphatic heterocycles. The van der Waals surface area contributed by atoms with Gasteiger partial charge in [-0.3, -0.25) is 9.59 Å². The molecule has 1 amide bonds. The third-order valence-electron chi connectivity index (χ3n) is 2.28. The lowest BCUT2D eigenvalue weighted by molar-refractivity contribution is -0.137. The van der Waals surface area contributed by atoms with E-state index in [0.29, 0.717) is 25.1 Å². The zero-order valence-electron chi connectivity index (χ0n) is 10.3. The first-order chi connectivity index (χ1) is 8.63. The van der Waals surface area contributed by atoms with Gasteiger partial charge in [0, 0.05) is 18.5 Å². The van der Waals surface area contributed by atoms with E-state index in [0.717, 1.165) is 5.75 Å². The minimum absolute atomic E-state index is 0.0591. The van der Waals surface area contributed by atoms with Crippen LogP contribution < -0.4 is 10.1 Å². The number of benzene rings is 1. The molecule has 0 saturated heterocycles. The van der Waals surface area contributed by atoms with E-state index in [4.69, 9.17) is 9.84 Å². The first kappa shape index (κ1) is 14.0. The predicted octanol–water partition coefficient (Wildman–Crippen LogP) is 1.68. The molecular weight excluding hydrogens is 234 g/mol. The Morgan fingerprint density at radius 3 is 2.50 bits per heavy atom. The molecule has 0 heterocycles. The highest BCUT2D eigenvalue weighted by Crippen LogP contribution is 2.11. The highest BCUT2D eigenvalue weighted by molar-refractivity contribution is 5.94. The summed E-state index contributed by atoms with van der Waals surface area (Å²) in [7, 11) is 0. The lowest BCUT2D eigenvalue weighted by atomic mass is 10.2. The molecule has 18 heavy (non-hydrogen) atoms. The monoisotopic (exact) mass is 251 g/mol. The van der Waals surface area contributed by atoms with Crippen molar-refractivity contribution in [3.63, 3.8) is 0 Å². The first-order valence-electron chi connectivity index (χ1n) is 5.86. The summed E-state index contributed by atoms with van der Waals surface area (Å²) in [6.07, 6.45) is 0.488. The summed E-state index contributed by atoms with van der Waals surface area (Å²) in [5.74, 6) is -0.339. The zero-order valence-corrected chi connectivity index (χ0v) is 10.3. The van der Waals surface area contributed by atoms with Crippen LogP contribution in [0, 0.1) is 0 Å². The first-order valence-corrected chi connectivity index (χ1v) is 5.86. The number of hydrogen-bond acceptors (Lipinski definition) is 3. The fourth-order valence-electron chi connectivity index (χ4n) is 1.41. The minimum atomic E-state index is -0.856. The van der Waals surface area contributed by atoms with E-state index in [1.807, 2.05) is 6.92 Å². The lowest BCUT2D eigenvalue weighted by Gasteiger charge is -2.06. The highest BCUT2D eigenvalue weighted by atomic mass is 16.5. The molecule has 0 radical (unpaired) electrons. The second-order valence-electron chi connectivity index (χ2n) is 3.71. The number of carboxylic acid groups (broad SMARTS) is 1. The number of carbonyl (C=O) groups excluding carboxylic acids is 1. The van der Waals surface area contributed by atoms with Gasteiger partial charge in [-0.05, 0) is 37.6 Å². The van der Waals surface area contributed by atoms with Crippen molar-refractivity contribution >= 4 is 11.9 Å². The van der Waals surface area contributed by atoms with E-state index in [-0.39, 0.29) is 12.3 Å². The molecule has 2 N–H and O–H groups in total. The van der Waals surface area contributed by atoms with E-state index in [1.165, 1.54) is 0 Å². The van der Waals surface area contributed by atoms with Gasteiger partial charge in [0.1, 0.15) is 5.75 Å². The molecule has 0 saturated carbocycles. The van der Waals surface area contributed by atoms with Crippen LogP contribution in [-0.2, 0) is 4.79 Å². The number of aliphatic carboxylic acids is 1. The van der Waals surface area contributed by atoms with Crippen LogP contribution in [-0.4, -0.2) is 30.1 Å². The van der Waals surface area contributed by atoms with Gasteiger partial charge in [0.25, 0.3) is 5.91 Å². The molecule has 0 aliphatic rings. The SMILES string of the molecule is CCOc1ccc(C(=O)NCCCC(=O)O)cc1. The van der Waals surface area contributed by atoms with E-state index in [9.17, 15) is 9.59 Å². The fraction of sp³-hybridized carbons (Fsp3) is 0.385. The van der Waals surface area contributed by atoms with Crippen molar-refractivity contribution in [3.8, 4) is 5.75 Å². The Bertz CT molecular complexity index is 400.